The van der Waals surface area contributed by atoms with Gasteiger partial charge in [-0.1, -0.05) is 63.8 Å². The summed E-state index contributed by atoms with van der Waals surface area (Å²) in [4.78, 5) is 80.7. The molecule has 2 saturated heterocycles. The van der Waals surface area contributed by atoms with Gasteiger partial charge in [0.2, 0.25) is 12.8 Å². The van der Waals surface area contributed by atoms with Crippen LogP contribution < -0.4 is 32.2 Å². The summed E-state index contributed by atoms with van der Waals surface area (Å²) in [6.07, 6.45) is 16.1. The van der Waals surface area contributed by atoms with Gasteiger partial charge >= 0.3 is 0 Å². The highest BCUT2D eigenvalue weighted by atomic mass is 32.2. The molecule has 19 heteroatoms. The summed E-state index contributed by atoms with van der Waals surface area (Å²) in [7, 11) is 3.78. The normalized spacial score (nSPS) is 13.6. The van der Waals surface area contributed by atoms with E-state index in [1.165, 1.54) is 12.4 Å². The lowest BCUT2D eigenvalue weighted by atomic mass is 9.79. The first-order valence-electron chi connectivity index (χ1n) is 25.9. The van der Waals surface area contributed by atoms with E-state index in [1.807, 2.05) is 77.7 Å². The zero-order valence-electron chi connectivity index (χ0n) is 46.7. The molecular weight excluding hydrogens is 1010 g/mol. The Labute approximate surface area is 466 Å². The van der Waals surface area contributed by atoms with E-state index in [2.05, 4.69) is 73.1 Å². The molecule has 0 radical (unpaired) electrons. The minimum absolute atomic E-state index is 0.0219. The van der Waals surface area contributed by atoms with E-state index in [4.69, 9.17) is 16.2 Å². The van der Waals surface area contributed by atoms with Gasteiger partial charge in [-0.15, -0.1) is 11.8 Å². The van der Waals surface area contributed by atoms with Crippen LogP contribution in [0.15, 0.2) is 98.0 Å². The number of rotatable bonds is 20. The first-order valence-corrected chi connectivity index (χ1v) is 28.1. The molecule has 1 atom stereocenters. The van der Waals surface area contributed by atoms with Gasteiger partial charge in [-0.2, -0.15) is 0 Å². The fraction of sp³-hybridized carbons (Fsp3) is 0.431. The average Bonchev–Trinajstić information content (AvgIpc) is 3.76. The van der Waals surface area contributed by atoms with E-state index >= 15 is 0 Å². The van der Waals surface area contributed by atoms with Crippen LogP contribution in [0.25, 0.3) is 16.8 Å². The van der Waals surface area contributed by atoms with Gasteiger partial charge in [0.05, 0.1) is 11.1 Å². The molecule has 420 valence electrons. The van der Waals surface area contributed by atoms with Gasteiger partial charge in [0, 0.05) is 88.5 Å². The quantitative estimate of drug-likeness (QED) is 0.0607. The third-order valence-electron chi connectivity index (χ3n) is 13.4. The largest absolute Gasteiger partial charge is 0.483 e. The van der Waals surface area contributed by atoms with Crippen molar-refractivity contribution in [3.8, 4) is 16.9 Å². The number of pyridine rings is 1. The molecular formula is C58H84N10O7S2. The highest BCUT2D eigenvalue weighted by molar-refractivity contribution is 8.02. The number of benzene rings is 2. The predicted molar refractivity (Wildman–Crippen MR) is 317 cm³/mol. The van der Waals surface area contributed by atoms with Crippen molar-refractivity contribution in [2.45, 2.75) is 86.1 Å². The molecule has 4 heterocycles. The third kappa shape index (κ3) is 21.2. The molecule has 0 spiro atoms. The summed E-state index contributed by atoms with van der Waals surface area (Å²) < 4.78 is 7.78. The number of hydrogen-bond acceptors (Lipinski definition) is 13. The summed E-state index contributed by atoms with van der Waals surface area (Å²) in [5, 5.41) is 4.21. The van der Waals surface area contributed by atoms with Crippen molar-refractivity contribution in [2.75, 3.05) is 70.3 Å². The summed E-state index contributed by atoms with van der Waals surface area (Å²) in [6.45, 7) is 22.3. The number of aldehydes is 1. The Morgan fingerprint density at radius 1 is 0.922 bits per heavy atom. The number of piperidine rings is 2. The van der Waals surface area contributed by atoms with Crippen LogP contribution in [0, 0.1) is 25.7 Å². The Bertz CT molecular complexity index is 2530. The number of nitrogens with zero attached hydrogens (tertiary/aromatic N) is 6. The van der Waals surface area contributed by atoms with E-state index in [0.29, 0.717) is 43.2 Å². The fourth-order valence-electron chi connectivity index (χ4n) is 8.58. The van der Waals surface area contributed by atoms with Gasteiger partial charge in [0.1, 0.15) is 11.6 Å². The van der Waals surface area contributed by atoms with Crippen LogP contribution in [0.3, 0.4) is 0 Å². The number of nitrogens with two attached hydrogens (primary N) is 3. The number of carbonyl (C=O) groups excluding carboxylic acids is 6. The molecule has 0 bridgehead atoms. The van der Waals surface area contributed by atoms with Crippen molar-refractivity contribution in [1.29, 1.82) is 0 Å². The summed E-state index contributed by atoms with van der Waals surface area (Å²) in [5.41, 5.74) is 23.3. The van der Waals surface area contributed by atoms with Gasteiger partial charge < -0.3 is 46.9 Å². The molecule has 2 fully saturated rings. The van der Waals surface area contributed by atoms with Crippen molar-refractivity contribution in [2.24, 2.45) is 29.0 Å². The molecule has 17 nitrogen and oxygen atoms in total. The van der Waals surface area contributed by atoms with Gasteiger partial charge in [-0.3, -0.25) is 32.7 Å². The molecule has 4 aromatic rings. The highest BCUT2D eigenvalue weighted by Crippen LogP contribution is 2.33. The van der Waals surface area contributed by atoms with Crippen LogP contribution in [-0.4, -0.2) is 132 Å². The monoisotopic (exact) mass is 1100 g/mol. The molecule has 1 unspecified atom stereocenters. The minimum atomic E-state index is -0.358. The lowest BCUT2D eigenvalue weighted by Gasteiger charge is -2.39. The molecule has 2 aromatic carbocycles. The molecule has 77 heavy (non-hydrogen) atoms. The fourth-order valence-corrected chi connectivity index (χ4v) is 9.68. The smallest absolute Gasteiger partial charge is 0.260 e. The molecule has 0 saturated carbocycles. The van der Waals surface area contributed by atoms with Crippen molar-refractivity contribution < 1.29 is 33.5 Å². The number of aromatic nitrogens is 2. The Morgan fingerprint density at radius 3 is 2.05 bits per heavy atom. The Morgan fingerprint density at radius 2 is 1.55 bits per heavy atom. The maximum Gasteiger partial charge on any atom is 0.260 e. The number of thioether (sulfide) groups is 1. The van der Waals surface area contributed by atoms with Crippen molar-refractivity contribution in [3.05, 3.63) is 131 Å². The number of carbonyl (C=O) groups is 6. The van der Waals surface area contributed by atoms with Gasteiger partial charge in [0.15, 0.2) is 12.9 Å². The van der Waals surface area contributed by atoms with E-state index in [9.17, 15) is 28.8 Å². The van der Waals surface area contributed by atoms with E-state index in [0.717, 1.165) is 110 Å². The predicted octanol–water partition coefficient (Wildman–Crippen LogP) is 8.75. The molecule has 5 amide bonds. The molecule has 0 aliphatic carbocycles. The average molecular weight is 1100 g/mol. The number of likely N-dealkylation sites (tertiary alicyclic amines) is 2. The molecule has 6 rings (SSSR count). The maximum absolute atomic E-state index is 13.2. The number of hydrogen-bond donors (Lipinski definition) is 4. The van der Waals surface area contributed by atoms with E-state index < -0.39 is 0 Å². The van der Waals surface area contributed by atoms with Gasteiger partial charge in [-0.05, 0) is 154 Å². The first-order chi connectivity index (χ1) is 36.9. The highest BCUT2D eigenvalue weighted by Gasteiger charge is 2.31. The summed E-state index contributed by atoms with van der Waals surface area (Å²) in [5.74, 6) is 2.73. The Kier molecular flexibility index (Phi) is 31.0. The SMILES string of the molecule is C=CN.C=CNC=O.CCCC(C)N(C)C(=O)c1c(C=O)cccc1OCC(=O)N1CCC(C2CCN(C=O)CC2)CC1.CCS/C=C(\N)c1cccc(-c2ccnc(N(C)CC)c2)c1.CSn1cc(C(N)=O)c(C)c1C. The molecule has 2 aromatic heterocycles. The van der Waals surface area contributed by atoms with E-state index in [-0.39, 0.29) is 47.2 Å². The van der Waals surface area contributed by atoms with Crippen LogP contribution in [0.4, 0.5) is 5.82 Å². The van der Waals surface area contributed by atoms with Gasteiger partial charge in [-0.25, -0.2) is 4.98 Å². The number of anilines is 1. The number of ether oxygens (including phenoxy) is 1. The van der Waals surface area contributed by atoms with Crippen molar-refractivity contribution in [3.63, 3.8) is 0 Å². The van der Waals surface area contributed by atoms with E-state index in [1.54, 1.807) is 60.1 Å². The van der Waals surface area contributed by atoms with Crippen molar-refractivity contribution >= 4 is 72.1 Å². The number of primary amides is 1. The van der Waals surface area contributed by atoms with Crippen LogP contribution in [-0.2, 0) is 14.4 Å². The second-order valence-corrected chi connectivity index (χ2v) is 20.2. The second-order valence-electron chi connectivity index (χ2n) is 18.3. The lowest BCUT2D eigenvalue weighted by molar-refractivity contribution is -0.135. The summed E-state index contributed by atoms with van der Waals surface area (Å²) in [6, 6.07) is 17.4. The Balaban J connectivity index is 0.000000407. The minimum Gasteiger partial charge on any atom is -0.483 e. The van der Waals surface area contributed by atoms with Gasteiger partial charge in [0.25, 0.3) is 17.7 Å². The number of amides is 5. The zero-order chi connectivity index (χ0) is 57.5. The maximum atomic E-state index is 13.2. The standard InChI is InChI=1S/C27H39N3O5.C18H23N3S.C8H12N2OS.C3H5NO.C2H5N/c1-4-6-20(2)28(3)27(34)26-23(17-31)7-5-8-24(26)35-18-25(33)30-15-11-22(12-16-30)21-9-13-29(19-32)14-10-21;1-4-21(3)18-12-15(9-10-20-18)14-7-6-8-16(11-14)17(19)13-22-5-2;1-5-6(2)10(12-3)4-7(5)8(9)11;1-2-4-3-5;1-2-3/h5,7-8,17,19-22H,4,6,9-16,18H2,1-3H3;6-13H,4-5,19H2,1-3H3;4H,1-3H3,(H2,9,11);2-3H,1H2,(H,4,5);2H,1,3H2/b;17-13-;;;. The Hall–Kier alpha value is -6.99. The first kappa shape index (κ1) is 66.1. The topological polar surface area (TPSA) is 233 Å². The second kappa shape index (κ2) is 36.1. The third-order valence-corrected chi connectivity index (χ3v) is 14.9. The molecule has 7 N–H and O–H groups in total. The van der Waals surface area contributed by atoms with Crippen molar-refractivity contribution in [1.82, 2.24) is 29.0 Å². The molecule has 2 aliphatic rings. The van der Waals surface area contributed by atoms with Crippen LogP contribution in [0.5, 0.6) is 5.75 Å². The van der Waals surface area contributed by atoms with Crippen LogP contribution in [0.2, 0.25) is 0 Å². The summed E-state index contributed by atoms with van der Waals surface area (Å²) >= 11 is 3.28. The lowest BCUT2D eigenvalue weighted by Crippen LogP contribution is -2.44. The van der Waals surface area contributed by atoms with Crippen LogP contribution >= 0.6 is 23.7 Å². The zero-order valence-corrected chi connectivity index (χ0v) is 48.4. The van der Waals surface area contributed by atoms with Crippen LogP contribution in [0.1, 0.15) is 114 Å². The molecule has 2 aliphatic heterocycles. The number of nitrogens with one attached hydrogen (secondary N) is 1.